The van der Waals surface area contributed by atoms with E-state index in [9.17, 15) is 0 Å². The smallest absolute Gasteiger partial charge is 0.234 e. The minimum absolute atomic E-state index is 0.510. The van der Waals surface area contributed by atoms with Crippen molar-refractivity contribution in [2.24, 2.45) is 11.8 Å². The summed E-state index contributed by atoms with van der Waals surface area (Å²) in [6, 6.07) is 50.5. The molecule has 0 radical (unpaired) electrons. The molecule has 6 aromatic carbocycles. The summed E-state index contributed by atoms with van der Waals surface area (Å²) in [5.74, 6) is 6.51. The topological polar surface area (TPSA) is 93.4 Å². The quantitative estimate of drug-likeness (QED) is 0.100. The number of hydrogen-bond donors (Lipinski definition) is 0. The average molecular weight is 908 g/mol. The van der Waals surface area contributed by atoms with Crippen molar-refractivity contribution < 1.29 is 18.9 Å². The summed E-state index contributed by atoms with van der Waals surface area (Å²) < 4.78 is 27.5. The van der Waals surface area contributed by atoms with Gasteiger partial charge in [-0.25, -0.2) is 19.9 Å². The second-order valence-electron chi connectivity index (χ2n) is 18.4. The van der Waals surface area contributed by atoms with Crippen LogP contribution < -0.4 is 18.9 Å². The summed E-state index contributed by atoms with van der Waals surface area (Å²) in [4.78, 5) is 18.6. The molecule has 0 aliphatic carbocycles. The second kappa shape index (κ2) is 19.5. The van der Waals surface area contributed by atoms with Crippen LogP contribution >= 0.6 is 0 Å². The molecular weight excluding hydrogens is 855 g/mol. The van der Waals surface area contributed by atoms with Crippen molar-refractivity contribution in [1.29, 1.82) is 0 Å². The van der Waals surface area contributed by atoms with Crippen molar-refractivity contribution in [3.05, 3.63) is 199 Å². The lowest BCUT2D eigenvalue weighted by Crippen LogP contribution is -2.00. The molecule has 9 nitrogen and oxygen atoms in total. The molecular formula is C60H53N5O4. The van der Waals surface area contributed by atoms with Gasteiger partial charge >= 0.3 is 0 Å². The lowest BCUT2D eigenvalue weighted by Gasteiger charge is -2.12. The van der Waals surface area contributed by atoms with E-state index in [-0.39, 0.29) is 0 Å². The van der Waals surface area contributed by atoms with Crippen molar-refractivity contribution in [2.45, 2.75) is 54.4 Å². The van der Waals surface area contributed by atoms with Gasteiger partial charge in [0.05, 0.1) is 11.0 Å². The molecule has 0 bridgehead atoms. The third kappa shape index (κ3) is 10.2. The largest absolute Gasteiger partial charge is 0.457 e. The minimum atomic E-state index is 0.510. The highest BCUT2D eigenvalue weighted by Crippen LogP contribution is 2.39. The Hall–Kier alpha value is -8.30. The number of aromatic nitrogens is 5. The number of hydrogen-bond acceptors (Lipinski definition) is 8. The molecule has 0 saturated carbocycles. The molecule has 0 saturated heterocycles. The van der Waals surface area contributed by atoms with E-state index < -0.39 is 0 Å². The highest BCUT2D eigenvalue weighted by molar-refractivity contribution is 6.09. The fraction of sp³-hybridized carbons (Fsp3) is 0.167. The minimum Gasteiger partial charge on any atom is -0.457 e. The van der Waals surface area contributed by atoms with Gasteiger partial charge in [-0.1, -0.05) is 88.4 Å². The molecule has 4 heterocycles. The molecule has 10 aromatic rings. The maximum Gasteiger partial charge on any atom is 0.234 e. The van der Waals surface area contributed by atoms with Gasteiger partial charge in [-0.05, 0) is 127 Å². The Kier molecular flexibility index (Phi) is 12.6. The molecule has 0 atom stereocenters. The van der Waals surface area contributed by atoms with Gasteiger partial charge in [0.1, 0.15) is 34.5 Å². The number of pyridine rings is 2. The predicted molar refractivity (Wildman–Crippen MR) is 275 cm³/mol. The number of benzene rings is 6. The van der Waals surface area contributed by atoms with Gasteiger partial charge in [0.2, 0.25) is 17.7 Å². The van der Waals surface area contributed by atoms with Gasteiger partial charge in [-0.3, -0.25) is 4.57 Å². The van der Waals surface area contributed by atoms with E-state index in [0.29, 0.717) is 64.0 Å². The number of rotatable bonds is 15. The maximum atomic E-state index is 6.49. The van der Waals surface area contributed by atoms with Gasteiger partial charge in [0.15, 0.2) is 0 Å². The molecule has 69 heavy (non-hydrogen) atoms. The molecule has 0 fully saturated rings. The van der Waals surface area contributed by atoms with Crippen molar-refractivity contribution >= 4 is 21.8 Å². The Morgan fingerprint density at radius 3 is 1.23 bits per heavy atom. The zero-order valence-electron chi connectivity index (χ0n) is 39.7. The Morgan fingerprint density at radius 2 is 0.826 bits per heavy atom. The van der Waals surface area contributed by atoms with Crippen LogP contribution in [0.2, 0.25) is 0 Å². The van der Waals surface area contributed by atoms with Gasteiger partial charge in [0.25, 0.3) is 0 Å². The van der Waals surface area contributed by atoms with E-state index in [4.69, 9.17) is 18.9 Å². The fourth-order valence-corrected chi connectivity index (χ4v) is 8.80. The highest BCUT2D eigenvalue weighted by Gasteiger charge is 2.17. The van der Waals surface area contributed by atoms with Gasteiger partial charge in [0, 0.05) is 83.1 Å². The van der Waals surface area contributed by atoms with Crippen LogP contribution in [0.1, 0.15) is 49.9 Å². The van der Waals surface area contributed by atoms with Gasteiger partial charge in [-0.2, -0.15) is 0 Å². The normalized spacial score (nSPS) is 11.4. The first-order chi connectivity index (χ1) is 33.6. The lowest BCUT2D eigenvalue weighted by molar-refractivity contribution is 0.448. The van der Waals surface area contributed by atoms with E-state index >= 15 is 0 Å². The monoisotopic (exact) mass is 907 g/mol. The van der Waals surface area contributed by atoms with E-state index in [1.54, 1.807) is 18.5 Å². The summed E-state index contributed by atoms with van der Waals surface area (Å²) in [6.07, 6.45) is 9.35. The molecule has 0 unspecified atom stereocenters. The van der Waals surface area contributed by atoms with Crippen LogP contribution in [0.5, 0.6) is 46.3 Å². The Balaban J connectivity index is 0.865. The van der Waals surface area contributed by atoms with Crippen molar-refractivity contribution in [3.8, 4) is 74.5 Å². The Morgan fingerprint density at radius 1 is 0.420 bits per heavy atom. The summed E-state index contributed by atoms with van der Waals surface area (Å²) in [7, 11) is 0. The molecule has 0 aliphatic rings. The summed E-state index contributed by atoms with van der Waals surface area (Å²) >= 11 is 0. The summed E-state index contributed by atoms with van der Waals surface area (Å²) in [6.45, 7) is 13.1. The van der Waals surface area contributed by atoms with Gasteiger partial charge in [-0.15, -0.1) is 0 Å². The third-order valence-electron chi connectivity index (χ3n) is 12.0. The number of ether oxygens (including phenoxy) is 4. The SMILES string of the molecule is Cc1cc(Oc2cccc(Oc3ccc4c5ccc(Oc6cccc(Oc7cc(C)c(-c8ccc(CC(C)C)cc8)cn7)c6)cc5n(-c5ncccn5)c4c3)c2)ncc1-c1ccc(CC(C)C)cc1. The van der Waals surface area contributed by atoms with E-state index in [1.807, 2.05) is 102 Å². The molecule has 0 aliphatic heterocycles. The lowest BCUT2D eigenvalue weighted by atomic mass is 9.98. The van der Waals surface area contributed by atoms with Crippen LogP contribution in [0, 0.1) is 25.7 Å². The van der Waals surface area contributed by atoms with Crippen LogP contribution in [0.15, 0.2) is 176 Å². The second-order valence-corrected chi connectivity index (χ2v) is 18.4. The Labute approximate surface area is 403 Å². The fourth-order valence-electron chi connectivity index (χ4n) is 8.80. The first-order valence-electron chi connectivity index (χ1n) is 23.5. The number of fused-ring (bicyclic) bond motifs is 3. The molecule has 0 spiro atoms. The van der Waals surface area contributed by atoms with E-state index in [0.717, 1.165) is 68.0 Å². The summed E-state index contributed by atoms with van der Waals surface area (Å²) in [5, 5.41) is 2.02. The number of nitrogens with zero attached hydrogens (tertiary/aromatic N) is 5. The zero-order chi connectivity index (χ0) is 47.4. The van der Waals surface area contributed by atoms with Crippen molar-refractivity contribution in [2.75, 3.05) is 0 Å². The van der Waals surface area contributed by atoms with Crippen LogP contribution in [-0.4, -0.2) is 24.5 Å². The third-order valence-corrected chi connectivity index (χ3v) is 12.0. The van der Waals surface area contributed by atoms with E-state index in [1.165, 1.54) is 11.1 Å². The van der Waals surface area contributed by atoms with Crippen LogP contribution in [0.3, 0.4) is 0 Å². The van der Waals surface area contributed by atoms with Crippen molar-refractivity contribution in [3.63, 3.8) is 0 Å². The van der Waals surface area contributed by atoms with Gasteiger partial charge < -0.3 is 18.9 Å². The molecule has 342 valence electrons. The zero-order valence-corrected chi connectivity index (χ0v) is 39.7. The van der Waals surface area contributed by atoms with Crippen LogP contribution in [0.25, 0.3) is 50.0 Å². The molecule has 9 heteroatoms. The number of aryl methyl sites for hydroxylation is 2. The highest BCUT2D eigenvalue weighted by atomic mass is 16.5. The van der Waals surface area contributed by atoms with Crippen molar-refractivity contribution in [1.82, 2.24) is 24.5 Å². The average Bonchev–Trinajstić information content (AvgIpc) is 3.65. The first-order valence-corrected chi connectivity index (χ1v) is 23.5. The molecule has 0 amide bonds. The maximum absolute atomic E-state index is 6.49. The standard InChI is InChI=1S/C60H53N5O4/c1-38(2)28-42-14-18-44(19-15-42)54-36-63-58(30-40(54)5)68-48-12-7-10-46(32-48)66-50-22-24-52-53-25-23-51(35-57(53)65(56(52)34-50)60-61-26-9-27-62-60)67-47-11-8-13-49(33-47)69-59-31-41(6)55(37-64-59)45-20-16-43(17-21-45)29-39(3)4/h7-27,30-39H,28-29H2,1-6H3. The van der Waals surface area contributed by atoms with Crippen LogP contribution in [0.4, 0.5) is 0 Å². The Bertz CT molecular complexity index is 3210. The summed E-state index contributed by atoms with van der Waals surface area (Å²) in [5.41, 5.74) is 11.0. The molecule has 4 aromatic heterocycles. The molecule has 0 N–H and O–H groups in total. The molecule has 10 rings (SSSR count). The predicted octanol–water partition coefficient (Wildman–Crippen LogP) is 15.9. The van der Waals surface area contributed by atoms with Crippen LogP contribution in [-0.2, 0) is 12.8 Å². The first kappa shape index (κ1) is 44.5. The van der Waals surface area contributed by atoms with E-state index in [2.05, 4.69) is 122 Å².